The van der Waals surface area contributed by atoms with E-state index in [0.717, 1.165) is 31.1 Å². The molecule has 19 heteroatoms. The van der Waals surface area contributed by atoms with Crippen LogP contribution < -0.4 is 31.6 Å². The first-order chi connectivity index (χ1) is 30.8. The third-order valence-corrected chi connectivity index (χ3v) is 13.0. The van der Waals surface area contributed by atoms with Gasteiger partial charge in [0.2, 0.25) is 23.7 Å². The number of rotatable bonds is 18. The van der Waals surface area contributed by atoms with Crippen molar-refractivity contribution < 1.29 is 28.7 Å². The molecule has 8 rings (SSSR count). The number of likely N-dealkylation sites (tertiary alicyclic amines) is 1. The molecule has 0 atom stereocenters. The number of allylic oxidation sites excluding steroid dienone is 2. The Hall–Kier alpha value is -6.60. The van der Waals surface area contributed by atoms with Crippen molar-refractivity contribution in [3.8, 4) is 11.5 Å². The molecule has 1 saturated heterocycles. The van der Waals surface area contributed by atoms with Crippen LogP contribution in [0.5, 0.6) is 11.5 Å². The van der Waals surface area contributed by atoms with E-state index in [1.54, 1.807) is 33.5 Å². The number of aromatic nitrogens is 7. The summed E-state index contributed by atoms with van der Waals surface area (Å²) in [6.45, 7) is 11.9. The fourth-order valence-corrected chi connectivity index (χ4v) is 9.97. The molecule has 2 fully saturated rings. The smallest absolute Gasteiger partial charge is 0.276 e. The number of primary amides is 2. The number of carbonyl (C=O) groups is 4. The van der Waals surface area contributed by atoms with E-state index in [1.807, 2.05) is 44.4 Å². The molecule has 1 saturated carbocycles. The Morgan fingerprint density at radius 2 is 1.42 bits per heavy atom. The fourth-order valence-electron chi connectivity index (χ4n) is 9.07. The van der Waals surface area contributed by atoms with Gasteiger partial charge in [-0.1, -0.05) is 31.9 Å². The third kappa shape index (κ3) is 8.81. The maximum absolute atomic E-state index is 13.9. The molecule has 336 valence electrons. The summed E-state index contributed by atoms with van der Waals surface area (Å²) >= 11 is 1.31. The van der Waals surface area contributed by atoms with Gasteiger partial charge in [-0.2, -0.15) is 5.10 Å². The molecule has 0 radical (unpaired) electrons. The van der Waals surface area contributed by atoms with Crippen molar-refractivity contribution in [1.29, 1.82) is 0 Å². The van der Waals surface area contributed by atoms with Crippen LogP contribution in [-0.2, 0) is 26.1 Å². The van der Waals surface area contributed by atoms with Gasteiger partial charge in [0, 0.05) is 50.4 Å². The summed E-state index contributed by atoms with van der Waals surface area (Å²) in [5, 5.41) is 11.1. The number of imidazole rings is 2. The van der Waals surface area contributed by atoms with Crippen LogP contribution in [0.3, 0.4) is 0 Å². The number of anilines is 2. The molecule has 2 aliphatic rings. The number of nitrogens with zero attached hydrogens (tertiary/aromatic N) is 8. The van der Waals surface area contributed by atoms with Crippen LogP contribution in [0.2, 0.25) is 0 Å². The SMILES string of the molecule is CCc1nc(C)sc1C(=O)Nc1nc2cc(C(N)=O)cc(OCCCN3CC4(CCCC4)C3)c2n1C/C=C/Cn1c(NC(=O)c2cc(C)nn2CC)nc2cc(C(N)=O)cc(OC)c21. The average Bonchev–Trinajstić information content (AvgIpc) is 4.10. The summed E-state index contributed by atoms with van der Waals surface area (Å²) in [7, 11) is 1.48. The molecule has 1 aliphatic heterocycles. The van der Waals surface area contributed by atoms with Gasteiger partial charge in [-0.3, -0.25) is 34.5 Å². The molecule has 2 aromatic carbocycles. The van der Waals surface area contributed by atoms with Crippen molar-refractivity contribution in [1.82, 2.24) is 38.8 Å². The van der Waals surface area contributed by atoms with Crippen LogP contribution in [-0.4, -0.2) is 95.7 Å². The largest absolute Gasteiger partial charge is 0.494 e. The van der Waals surface area contributed by atoms with Gasteiger partial charge < -0.3 is 35.0 Å². The first kappa shape index (κ1) is 44.0. The summed E-state index contributed by atoms with van der Waals surface area (Å²) in [4.78, 5) is 69.5. The predicted octanol–water partition coefficient (Wildman–Crippen LogP) is 5.85. The Bertz CT molecular complexity index is 2800. The number of methoxy groups -OCH3 is 1. The summed E-state index contributed by atoms with van der Waals surface area (Å²) in [5.74, 6) is -0.900. The van der Waals surface area contributed by atoms with E-state index in [9.17, 15) is 19.2 Å². The highest BCUT2D eigenvalue weighted by molar-refractivity contribution is 7.13. The molecule has 0 bridgehead atoms. The predicted molar refractivity (Wildman–Crippen MR) is 244 cm³/mol. The molecule has 0 unspecified atom stereocenters. The van der Waals surface area contributed by atoms with Gasteiger partial charge >= 0.3 is 0 Å². The molecular weight excluding hydrogens is 837 g/mol. The molecule has 6 N–H and O–H groups in total. The van der Waals surface area contributed by atoms with Crippen molar-refractivity contribution in [3.05, 3.63) is 80.6 Å². The second-order valence-electron chi connectivity index (χ2n) is 16.6. The van der Waals surface area contributed by atoms with Crippen molar-refractivity contribution in [2.24, 2.45) is 16.9 Å². The zero-order chi connectivity index (χ0) is 45.3. The molecule has 6 aromatic rings. The minimum Gasteiger partial charge on any atom is -0.494 e. The van der Waals surface area contributed by atoms with Crippen LogP contribution >= 0.6 is 11.3 Å². The number of benzene rings is 2. The first-order valence-corrected chi connectivity index (χ1v) is 22.5. The van der Waals surface area contributed by atoms with Crippen LogP contribution in [0.15, 0.2) is 42.5 Å². The number of nitrogens with two attached hydrogens (primary N) is 2. The molecular formula is C45H54N12O6S. The number of nitrogens with one attached hydrogen (secondary N) is 2. The van der Waals surface area contributed by atoms with E-state index in [4.69, 9.17) is 30.9 Å². The number of thiazole rings is 1. The van der Waals surface area contributed by atoms with Gasteiger partial charge in [-0.05, 0) is 82.2 Å². The number of ether oxygens (including phenoxy) is 2. The second kappa shape index (κ2) is 18.2. The highest BCUT2D eigenvalue weighted by atomic mass is 32.1. The Morgan fingerprint density at radius 3 is 2.00 bits per heavy atom. The summed E-state index contributed by atoms with van der Waals surface area (Å²) in [6.07, 6.45) is 10.4. The lowest BCUT2D eigenvalue weighted by molar-refractivity contribution is 0.00341. The quantitative estimate of drug-likeness (QED) is 0.0591. The Morgan fingerprint density at radius 1 is 0.828 bits per heavy atom. The highest BCUT2D eigenvalue weighted by Crippen LogP contribution is 2.45. The zero-order valence-corrected chi connectivity index (χ0v) is 37.6. The van der Waals surface area contributed by atoms with Crippen LogP contribution in [0.1, 0.15) is 103 Å². The van der Waals surface area contributed by atoms with E-state index < -0.39 is 17.7 Å². The molecule has 4 aromatic heterocycles. The van der Waals surface area contributed by atoms with Crippen molar-refractivity contribution in [2.75, 3.05) is 44.0 Å². The first-order valence-electron chi connectivity index (χ1n) is 21.7. The molecule has 1 spiro atoms. The standard InChI is InChI=1S/C45H54N12O6S/c1-6-30-38(64-27(4)48-30)42(61)52-44-50-32-21-29(40(47)59)23-35(63-18-12-15-54-24-45(25-54)13-8-9-14-45)37(32)56(44)17-11-10-16-55-36-31(20-28(39(46)58)22-34(36)62-5)49-43(55)51-41(60)33-19-26(3)53-57(33)7-2/h10-11,19-23H,6-9,12-18,24-25H2,1-5H3,(H2,46,58)(H2,47,59)(H,49,51,60)(H,50,52,61)/b11-10+. The molecule has 4 amide bonds. The lowest BCUT2D eigenvalue weighted by Gasteiger charge is -2.48. The summed E-state index contributed by atoms with van der Waals surface area (Å²) < 4.78 is 17.4. The van der Waals surface area contributed by atoms with Crippen molar-refractivity contribution in [2.45, 2.75) is 85.9 Å². The van der Waals surface area contributed by atoms with E-state index in [1.165, 1.54) is 50.2 Å². The number of amides is 4. The van der Waals surface area contributed by atoms with E-state index >= 15 is 0 Å². The van der Waals surface area contributed by atoms with Gasteiger partial charge in [0.05, 0.1) is 41.1 Å². The highest BCUT2D eigenvalue weighted by Gasteiger charge is 2.44. The lowest BCUT2D eigenvalue weighted by Crippen LogP contribution is -2.55. The molecule has 5 heterocycles. The second-order valence-corrected chi connectivity index (χ2v) is 17.8. The average molecular weight is 891 g/mol. The fraction of sp³-hybridized carbons (Fsp3) is 0.422. The van der Waals surface area contributed by atoms with Gasteiger partial charge in [0.1, 0.15) is 33.1 Å². The number of aryl methyl sites for hydroxylation is 4. The Kier molecular flexibility index (Phi) is 12.6. The number of hydrogen-bond donors (Lipinski definition) is 4. The molecule has 18 nitrogen and oxygen atoms in total. The zero-order valence-electron chi connectivity index (χ0n) is 36.8. The van der Waals surface area contributed by atoms with Gasteiger partial charge in [-0.25, -0.2) is 15.0 Å². The molecule has 64 heavy (non-hydrogen) atoms. The van der Waals surface area contributed by atoms with Crippen LogP contribution in [0.25, 0.3) is 22.1 Å². The van der Waals surface area contributed by atoms with E-state index in [0.29, 0.717) is 80.5 Å². The van der Waals surface area contributed by atoms with E-state index in [2.05, 4.69) is 25.6 Å². The lowest BCUT2D eigenvalue weighted by atomic mass is 9.78. The topological polar surface area (TPSA) is 232 Å². The third-order valence-electron chi connectivity index (χ3n) is 12.0. The minimum absolute atomic E-state index is 0.186. The number of hydrogen-bond acceptors (Lipinski definition) is 12. The Labute approximate surface area is 374 Å². The van der Waals surface area contributed by atoms with Gasteiger partial charge in [-0.15, -0.1) is 11.3 Å². The van der Waals surface area contributed by atoms with Gasteiger partial charge in [0.25, 0.3) is 11.8 Å². The van der Waals surface area contributed by atoms with Crippen molar-refractivity contribution >= 4 is 68.9 Å². The van der Waals surface area contributed by atoms with Gasteiger partial charge in [0.15, 0.2) is 0 Å². The minimum atomic E-state index is -0.658. The maximum Gasteiger partial charge on any atom is 0.276 e. The summed E-state index contributed by atoms with van der Waals surface area (Å²) in [6, 6.07) is 8.01. The normalized spacial score (nSPS) is 14.8. The monoisotopic (exact) mass is 890 g/mol. The van der Waals surface area contributed by atoms with Crippen LogP contribution in [0, 0.1) is 19.3 Å². The summed E-state index contributed by atoms with van der Waals surface area (Å²) in [5.41, 5.74) is 16.0. The van der Waals surface area contributed by atoms with E-state index in [-0.39, 0.29) is 42.0 Å². The van der Waals surface area contributed by atoms with Crippen LogP contribution in [0.4, 0.5) is 11.9 Å². The maximum atomic E-state index is 13.9. The van der Waals surface area contributed by atoms with Crippen molar-refractivity contribution in [3.63, 3.8) is 0 Å². The number of carbonyl (C=O) groups excluding carboxylic acids is 4. The number of fused-ring (bicyclic) bond motifs is 2. The molecule has 1 aliphatic carbocycles. The Balaban J connectivity index is 1.12.